The van der Waals surface area contributed by atoms with Gasteiger partial charge >= 0.3 is 0 Å². The van der Waals surface area contributed by atoms with Crippen LogP contribution in [0, 0.1) is 17.8 Å². The van der Waals surface area contributed by atoms with Crippen LogP contribution in [0.25, 0.3) is 0 Å². The van der Waals surface area contributed by atoms with E-state index in [1.165, 1.54) is 6.42 Å². The molecule has 3 atom stereocenters. The van der Waals surface area contributed by atoms with E-state index in [1.807, 2.05) is 4.90 Å². The van der Waals surface area contributed by atoms with Gasteiger partial charge < -0.3 is 15.5 Å². The quantitative estimate of drug-likeness (QED) is 0.810. The number of carbonyl (C=O) groups excluding carboxylic acids is 2. The number of hydrogen-bond acceptors (Lipinski definition) is 3. The summed E-state index contributed by atoms with van der Waals surface area (Å²) in [7, 11) is 0. The first-order valence-corrected chi connectivity index (χ1v) is 9.87. The van der Waals surface area contributed by atoms with Crippen LogP contribution in [-0.4, -0.2) is 53.8 Å². The van der Waals surface area contributed by atoms with Crippen LogP contribution in [0.3, 0.4) is 0 Å². The minimum absolute atomic E-state index is 0. The van der Waals surface area contributed by atoms with Gasteiger partial charge in [-0.2, -0.15) is 0 Å². The number of nitrogens with two attached hydrogens (primary N) is 1. The smallest absolute Gasteiger partial charge is 0.225 e. The molecule has 0 spiro atoms. The Morgan fingerprint density at radius 3 is 2.16 bits per heavy atom. The Morgan fingerprint density at radius 2 is 1.52 bits per heavy atom. The maximum atomic E-state index is 12.7. The molecule has 2 saturated heterocycles. The van der Waals surface area contributed by atoms with Gasteiger partial charge in [0.15, 0.2) is 0 Å². The lowest BCUT2D eigenvalue weighted by atomic mass is 9.84. The Morgan fingerprint density at radius 1 is 0.840 bits per heavy atom. The van der Waals surface area contributed by atoms with Crippen LogP contribution in [-0.2, 0) is 9.59 Å². The van der Waals surface area contributed by atoms with E-state index in [0.717, 1.165) is 71.1 Å². The molecule has 3 unspecified atom stereocenters. The van der Waals surface area contributed by atoms with Gasteiger partial charge in [0.05, 0.1) is 0 Å². The predicted octanol–water partition coefficient (Wildman–Crippen LogP) is 2.42. The molecule has 144 valence electrons. The van der Waals surface area contributed by atoms with Crippen molar-refractivity contribution in [3.05, 3.63) is 0 Å². The Kier molecular flexibility index (Phi) is 7.56. The molecule has 2 heterocycles. The van der Waals surface area contributed by atoms with Crippen molar-refractivity contribution in [3.63, 3.8) is 0 Å². The molecule has 5 nitrogen and oxygen atoms in total. The Bertz CT molecular complexity index is 424. The molecule has 2 amide bonds. The van der Waals surface area contributed by atoms with Crippen LogP contribution in [0.1, 0.15) is 58.3 Å². The molecule has 0 aromatic rings. The van der Waals surface area contributed by atoms with E-state index in [2.05, 4.69) is 11.8 Å². The zero-order valence-corrected chi connectivity index (χ0v) is 16.3. The first kappa shape index (κ1) is 20.5. The molecule has 3 fully saturated rings. The fraction of sp³-hybridized carbons (Fsp3) is 0.895. The number of carbonyl (C=O) groups is 2. The van der Waals surface area contributed by atoms with Crippen LogP contribution in [0.4, 0.5) is 0 Å². The maximum absolute atomic E-state index is 12.7. The summed E-state index contributed by atoms with van der Waals surface area (Å²) >= 11 is 0. The summed E-state index contributed by atoms with van der Waals surface area (Å²) in [6, 6.07) is 0.188. The van der Waals surface area contributed by atoms with Crippen molar-refractivity contribution in [2.24, 2.45) is 23.5 Å². The Balaban J connectivity index is 0.00000225. The molecule has 0 aromatic heterocycles. The highest BCUT2D eigenvalue weighted by Gasteiger charge is 2.34. The number of rotatable bonds is 2. The van der Waals surface area contributed by atoms with Gasteiger partial charge in [-0.25, -0.2) is 0 Å². The standard InChI is InChI=1S/C19H33N3O2.ClH/c1-14-4-3-9-22(13-14)18(23)15-7-10-21(11-8-15)19(24)16-5-2-6-17(20)12-16;/h14-17H,2-13,20H2,1H3;1H. The predicted molar refractivity (Wildman–Crippen MR) is 101 cm³/mol. The first-order chi connectivity index (χ1) is 11.5. The van der Waals surface area contributed by atoms with Gasteiger partial charge in [0.2, 0.25) is 11.8 Å². The van der Waals surface area contributed by atoms with Gasteiger partial charge in [0.25, 0.3) is 0 Å². The summed E-state index contributed by atoms with van der Waals surface area (Å²) in [6.07, 6.45) is 7.96. The topological polar surface area (TPSA) is 66.6 Å². The Hall–Kier alpha value is -0.810. The third-order valence-corrected chi connectivity index (χ3v) is 6.19. The molecule has 0 radical (unpaired) electrons. The minimum Gasteiger partial charge on any atom is -0.342 e. The van der Waals surface area contributed by atoms with E-state index >= 15 is 0 Å². The van der Waals surface area contributed by atoms with Crippen molar-refractivity contribution in [3.8, 4) is 0 Å². The van der Waals surface area contributed by atoms with E-state index in [4.69, 9.17) is 5.73 Å². The first-order valence-electron chi connectivity index (χ1n) is 9.87. The lowest BCUT2D eigenvalue weighted by Gasteiger charge is -2.38. The average Bonchev–Trinajstić information content (AvgIpc) is 2.60. The molecule has 2 N–H and O–H groups in total. The second kappa shape index (κ2) is 9.22. The van der Waals surface area contributed by atoms with E-state index < -0.39 is 0 Å². The summed E-state index contributed by atoms with van der Waals surface area (Å²) in [5.74, 6) is 1.47. The molecule has 3 aliphatic rings. The minimum atomic E-state index is 0. The van der Waals surface area contributed by atoms with Gasteiger partial charge in [0, 0.05) is 44.1 Å². The largest absolute Gasteiger partial charge is 0.342 e. The lowest BCUT2D eigenvalue weighted by Crippen LogP contribution is -2.48. The summed E-state index contributed by atoms with van der Waals surface area (Å²) < 4.78 is 0. The van der Waals surface area contributed by atoms with Gasteiger partial charge in [0.1, 0.15) is 0 Å². The van der Waals surface area contributed by atoms with E-state index in [-0.39, 0.29) is 36.2 Å². The Labute approximate surface area is 158 Å². The van der Waals surface area contributed by atoms with Gasteiger partial charge in [-0.15, -0.1) is 12.4 Å². The molecule has 0 aromatic carbocycles. The third kappa shape index (κ3) is 5.10. The molecule has 3 rings (SSSR count). The average molecular weight is 372 g/mol. The summed E-state index contributed by atoms with van der Waals surface area (Å²) in [6.45, 7) is 5.55. The van der Waals surface area contributed by atoms with E-state index in [0.29, 0.717) is 11.8 Å². The van der Waals surface area contributed by atoms with Gasteiger partial charge in [-0.1, -0.05) is 13.3 Å². The number of nitrogens with zero attached hydrogens (tertiary/aromatic N) is 2. The molecular formula is C19H34ClN3O2. The highest BCUT2D eigenvalue weighted by atomic mass is 35.5. The molecule has 1 saturated carbocycles. The molecule has 2 aliphatic heterocycles. The summed E-state index contributed by atoms with van der Waals surface area (Å²) in [5.41, 5.74) is 6.03. The highest BCUT2D eigenvalue weighted by molar-refractivity contribution is 5.85. The molecule has 6 heteroatoms. The van der Waals surface area contributed by atoms with Crippen molar-refractivity contribution in [1.82, 2.24) is 9.80 Å². The zero-order chi connectivity index (χ0) is 17.1. The van der Waals surface area contributed by atoms with Crippen LogP contribution in [0.15, 0.2) is 0 Å². The highest BCUT2D eigenvalue weighted by Crippen LogP contribution is 2.28. The molecule has 1 aliphatic carbocycles. The monoisotopic (exact) mass is 371 g/mol. The molecule has 25 heavy (non-hydrogen) atoms. The van der Waals surface area contributed by atoms with Crippen molar-refractivity contribution < 1.29 is 9.59 Å². The van der Waals surface area contributed by atoms with Crippen LogP contribution >= 0.6 is 12.4 Å². The number of likely N-dealkylation sites (tertiary alicyclic amines) is 2. The summed E-state index contributed by atoms with van der Waals surface area (Å²) in [4.78, 5) is 29.5. The lowest BCUT2D eigenvalue weighted by molar-refractivity contribution is -0.144. The number of amides is 2. The number of halogens is 1. The number of piperidine rings is 2. The van der Waals surface area contributed by atoms with Crippen molar-refractivity contribution in [1.29, 1.82) is 0 Å². The van der Waals surface area contributed by atoms with Crippen LogP contribution in [0.5, 0.6) is 0 Å². The van der Waals surface area contributed by atoms with Crippen molar-refractivity contribution in [2.75, 3.05) is 26.2 Å². The maximum Gasteiger partial charge on any atom is 0.225 e. The fourth-order valence-electron chi connectivity index (χ4n) is 4.70. The van der Waals surface area contributed by atoms with E-state index in [1.54, 1.807) is 0 Å². The van der Waals surface area contributed by atoms with Gasteiger partial charge in [-0.05, 0) is 50.9 Å². The van der Waals surface area contributed by atoms with Crippen molar-refractivity contribution in [2.45, 2.75) is 64.3 Å². The second-order valence-electron chi connectivity index (χ2n) is 8.25. The molecule has 0 bridgehead atoms. The second-order valence-corrected chi connectivity index (χ2v) is 8.25. The fourth-order valence-corrected chi connectivity index (χ4v) is 4.70. The normalized spacial score (nSPS) is 31.4. The third-order valence-electron chi connectivity index (χ3n) is 6.19. The SMILES string of the molecule is CC1CCCN(C(=O)C2CCN(C(=O)C3CCCC(N)C3)CC2)C1.Cl. The zero-order valence-electron chi connectivity index (χ0n) is 15.5. The molecular weight excluding hydrogens is 338 g/mol. The van der Waals surface area contributed by atoms with Gasteiger partial charge in [-0.3, -0.25) is 9.59 Å². The number of hydrogen-bond donors (Lipinski definition) is 1. The van der Waals surface area contributed by atoms with E-state index in [9.17, 15) is 9.59 Å². The van der Waals surface area contributed by atoms with Crippen LogP contribution < -0.4 is 5.73 Å². The van der Waals surface area contributed by atoms with Crippen LogP contribution in [0.2, 0.25) is 0 Å². The summed E-state index contributed by atoms with van der Waals surface area (Å²) in [5, 5.41) is 0. The van der Waals surface area contributed by atoms with Crippen molar-refractivity contribution >= 4 is 24.2 Å².